The summed E-state index contributed by atoms with van der Waals surface area (Å²) in [7, 11) is 0. The molecular formula is C24H28N4O3. The molecule has 7 heteroatoms. The third-order valence-electron chi connectivity index (χ3n) is 5.65. The summed E-state index contributed by atoms with van der Waals surface area (Å²) >= 11 is 0. The quantitative estimate of drug-likeness (QED) is 0.691. The van der Waals surface area contributed by atoms with E-state index in [0.29, 0.717) is 26.1 Å². The van der Waals surface area contributed by atoms with Crippen molar-refractivity contribution >= 4 is 23.1 Å². The van der Waals surface area contributed by atoms with Crippen molar-refractivity contribution in [2.75, 3.05) is 11.9 Å². The van der Waals surface area contributed by atoms with Gasteiger partial charge in [0.1, 0.15) is 0 Å². The number of urea groups is 1. The summed E-state index contributed by atoms with van der Waals surface area (Å²) < 4.78 is 0. The van der Waals surface area contributed by atoms with Crippen molar-refractivity contribution in [3.8, 4) is 0 Å². The molecule has 0 fully saturated rings. The molecule has 0 saturated heterocycles. The van der Waals surface area contributed by atoms with Gasteiger partial charge in [-0.15, -0.1) is 0 Å². The van der Waals surface area contributed by atoms with E-state index < -0.39 is 5.60 Å². The molecule has 3 N–H and O–H groups in total. The number of nitrogens with zero attached hydrogens (tertiary/aromatic N) is 2. The maximum absolute atomic E-state index is 12.6. The second kappa shape index (κ2) is 8.61. The third kappa shape index (κ3) is 5.18. The van der Waals surface area contributed by atoms with Crippen LogP contribution in [0.5, 0.6) is 0 Å². The number of carbonyl (C=O) groups is 2. The molecule has 2 aliphatic heterocycles. The van der Waals surface area contributed by atoms with Crippen LogP contribution in [0.15, 0.2) is 48.8 Å². The van der Waals surface area contributed by atoms with Gasteiger partial charge in [0, 0.05) is 44.1 Å². The maximum atomic E-state index is 12.6. The maximum Gasteiger partial charge on any atom is 0.322 e. The number of carbonyl (C=O) groups excluding carboxylic acids is 2. The van der Waals surface area contributed by atoms with Gasteiger partial charge in [0.25, 0.3) is 0 Å². The number of aromatic nitrogens is 1. The van der Waals surface area contributed by atoms with E-state index in [1.807, 2.05) is 36.5 Å². The molecule has 162 valence electrons. The van der Waals surface area contributed by atoms with Crippen LogP contribution in [0.2, 0.25) is 0 Å². The summed E-state index contributed by atoms with van der Waals surface area (Å²) in [6.07, 6.45) is 6.35. The lowest BCUT2D eigenvalue weighted by Crippen LogP contribution is -2.42. The summed E-state index contributed by atoms with van der Waals surface area (Å²) in [5, 5.41) is 16.1. The normalized spacial score (nSPS) is 18.4. The minimum atomic E-state index is -1.01. The van der Waals surface area contributed by atoms with E-state index >= 15 is 0 Å². The molecule has 1 atom stereocenters. The standard InChI is InChI=1S/C24H28N4O3/c1-24(2,31)12-22(29)21-11-17(8-10-26-21)16-3-5-20(6-4-16)27-23(30)28-14-18-7-9-25-13-19(18)15-28/h3-9,13,21,26,31H,10-12,14-15H2,1-2H3,(H,27,30). The number of fused-ring (bicyclic) bond motifs is 1. The molecule has 0 bridgehead atoms. The zero-order valence-corrected chi connectivity index (χ0v) is 17.9. The summed E-state index contributed by atoms with van der Waals surface area (Å²) in [6.45, 7) is 5.06. The van der Waals surface area contributed by atoms with E-state index in [1.54, 1.807) is 24.9 Å². The molecule has 31 heavy (non-hydrogen) atoms. The van der Waals surface area contributed by atoms with Gasteiger partial charge in [-0.1, -0.05) is 18.2 Å². The molecule has 1 aromatic carbocycles. The first-order valence-electron chi connectivity index (χ1n) is 10.5. The molecule has 0 saturated carbocycles. The van der Waals surface area contributed by atoms with Crippen LogP contribution in [0.25, 0.3) is 5.57 Å². The Kier molecular flexibility index (Phi) is 5.89. The summed E-state index contributed by atoms with van der Waals surface area (Å²) in [5.41, 5.74) is 4.06. The Hall–Kier alpha value is -3.03. The minimum Gasteiger partial charge on any atom is -0.390 e. The molecule has 4 rings (SSSR count). The van der Waals surface area contributed by atoms with Crippen LogP contribution >= 0.6 is 0 Å². The molecule has 7 nitrogen and oxygen atoms in total. The van der Waals surface area contributed by atoms with Gasteiger partial charge in [-0.2, -0.15) is 0 Å². The van der Waals surface area contributed by atoms with E-state index in [2.05, 4.69) is 21.7 Å². The minimum absolute atomic E-state index is 0.0174. The number of benzene rings is 1. The molecule has 1 unspecified atom stereocenters. The Bertz CT molecular complexity index is 983. The molecule has 1 aromatic heterocycles. The van der Waals surface area contributed by atoms with Crippen LogP contribution in [-0.4, -0.2) is 45.0 Å². The summed E-state index contributed by atoms with van der Waals surface area (Å²) in [5.74, 6) is 0.0174. The van der Waals surface area contributed by atoms with Crippen LogP contribution in [0.1, 0.15) is 43.4 Å². The van der Waals surface area contributed by atoms with Crippen molar-refractivity contribution < 1.29 is 14.7 Å². The first kappa shape index (κ1) is 21.2. The number of pyridine rings is 1. The van der Waals surface area contributed by atoms with Gasteiger partial charge in [-0.3, -0.25) is 9.78 Å². The van der Waals surface area contributed by atoms with Crippen molar-refractivity contribution in [2.24, 2.45) is 0 Å². The number of ketones is 1. The average Bonchev–Trinajstić information content (AvgIpc) is 3.18. The van der Waals surface area contributed by atoms with Crippen LogP contribution in [0.3, 0.4) is 0 Å². The molecule has 0 spiro atoms. The van der Waals surface area contributed by atoms with Gasteiger partial charge in [0.2, 0.25) is 0 Å². The van der Waals surface area contributed by atoms with Crippen molar-refractivity contribution in [3.05, 3.63) is 65.5 Å². The first-order valence-corrected chi connectivity index (χ1v) is 10.5. The Labute approximate surface area is 182 Å². The van der Waals surface area contributed by atoms with Crippen molar-refractivity contribution in [1.29, 1.82) is 0 Å². The van der Waals surface area contributed by atoms with E-state index in [1.165, 1.54) is 0 Å². The highest BCUT2D eigenvalue weighted by Crippen LogP contribution is 2.26. The highest BCUT2D eigenvalue weighted by Gasteiger charge is 2.27. The van der Waals surface area contributed by atoms with Crippen molar-refractivity contribution in [3.63, 3.8) is 0 Å². The number of aliphatic hydroxyl groups is 1. The van der Waals surface area contributed by atoms with Gasteiger partial charge in [0.05, 0.1) is 11.6 Å². The van der Waals surface area contributed by atoms with E-state index in [4.69, 9.17) is 0 Å². The predicted octanol–water partition coefficient (Wildman–Crippen LogP) is 3.10. The van der Waals surface area contributed by atoms with Crippen LogP contribution in [-0.2, 0) is 17.9 Å². The Balaban J connectivity index is 1.36. The Morgan fingerprint density at radius 1 is 1.19 bits per heavy atom. The lowest BCUT2D eigenvalue weighted by atomic mass is 9.89. The third-order valence-corrected chi connectivity index (χ3v) is 5.65. The number of nitrogens with one attached hydrogen (secondary N) is 2. The van der Waals surface area contributed by atoms with Gasteiger partial charge in [-0.05, 0) is 60.7 Å². The molecule has 2 aliphatic rings. The summed E-state index contributed by atoms with van der Waals surface area (Å²) in [6, 6.07) is 9.21. The number of hydrogen-bond donors (Lipinski definition) is 3. The first-order chi connectivity index (χ1) is 14.8. The molecule has 2 aromatic rings. The number of amides is 2. The Morgan fingerprint density at radius 2 is 1.94 bits per heavy atom. The monoisotopic (exact) mass is 420 g/mol. The fourth-order valence-corrected chi connectivity index (χ4v) is 4.05. The zero-order chi connectivity index (χ0) is 22.0. The molecule has 0 aliphatic carbocycles. The molecule has 3 heterocycles. The molecule has 2 amide bonds. The summed E-state index contributed by atoms with van der Waals surface area (Å²) in [4.78, 5) is 31.0. The number of hydrogen-bond acceptors (Lipinski definition) is 5. The van der Waals surface area contributed by atoms with Gasteiger partial charge in [-0.25, -0.2) is 4.79 Å². The molecular weight excluding hydrogens is 392 g/mol. The topological polar surface area (TPSA) is 94.6 Å². The lowest BCUT2D eigenvalue weighted by Gasteiger charge is -2.26. The van der Waals surface area contributed by atoms with Crippen molar-refractivity contribution in [2.45, 2.75) is 51.4 Å². The zero-order valence-electron chi connectivity index (χ0n) is 17.9. The van der Waals surface area contributed by atoms with E-state index in [0.717, 1.165) is 28.0 Å². The highest BCUT2D eigenvalue weighted by molar-refractivity contribution is 5.90. The largest absolute Gasteiger partial charge is 0.390 e. The predicted molar refractivity (Wildman–Crippen MR) is 119 cm³/mol. The van der Waals surface area contributed by atoms with Gasteiger partial charge >= 0.3 is 6.03 Å². The molecule has 0 radical (unpaired) electrons. The van der Waals surface area contributed by atoms with Gasteiger partial charge in [0.15, 0.2) is 5.78 Å². The SMILES string of the molecule is CC(C)(O)CC(=O)C1CC(c2ccc(NC(=O)N3Cc4ccncc4C3)cc2)=CCN1. The Morgan fingerprint density at radius 3 is 2.65 bits per heavy atom. The van der Waals surface area contributed by atoms with Crippen LogP contribution in [0.4, 0.5) is 10.5 Å². The number of rotatable bonds is 5. The fraction of sp³-hybridized carbons (Fsp3) is 0.375. The average molecular weight is 421 g/mol. The number of anilines is 1. The van der Waals surface area contributed by atoms with Gasteiger partial charge < -0.3 is 20.6 Å². The number of Topliss-reactive ketones (excluding diaryl/α,β-unsaturated/α-hetero) is 1. The van der Waals surface area contributed by atoms with E-state index in [-0.39, 0.29) is 24.3 Å². The lowest BCUT2D eigenvalue weighted by molar-refractivity contribution is -0.124. The van der Waals surface area contributed by atoms with E-state index in [9.17, 15) is 14.7 Å². The smallest absolute Gasteiger partial charge is 0.322 e. The second-order valence-electron chi connectivity index (χ2n) is 8.86. The fourth-order valence-electron chi connectivity index (χ4n) is 4.05. The van der Waals surface area contributed by atoms with Crippen LogP contribution < -0.4 is 10.6 Å². The van der Waals surface area contributed by atoms with Crippen LogP contribution in [0, 0.1) is 0 Å². The highest BCUT2D eigenvalue weighted by atomic mass is 16.3. The second-order valence-corrected chi connectivity index (χ2v) is 8.86. The van der Waals surface area contributed by atoms with Crippen molar-refractivity contribution in [1.82, 2.24) is 15.2 Å².